The molecular formula is C21H17NO. The molecule has 0 atom stereocenters. The summed E-state index contributed by atoms with van der Waals surface area (Å²) in [6, 6.07) is 26.9. The first-order chi connectivity index (χ1) is 11.4. The average Bonchev–Trinajstić information content (AvgIpc) is 3.09. The van der Waals surface area contributed by atoms with E-state index in [9.17, 15) is 0 Å². The molecule has 0 amide bonds. The zero-order chi connectivity index (χ0) is 15.5. The molecular weight excluding hydrogens is 282 g/mol. The quantitative estimate of drug-likeness (QED) is 0.535. The molecule has 4 aromatic rings. The third kappa shape index (κ3) is 2.84. The van der Waals surface area contributed by atoms with Gasteiger partial charge in [-0.3, -0.25) is 0 Å². The van der Waals surface area contributed by atoms with E-state index in [1.54, 1.807) is 0 Å². The van der Waals surface area contributed by atoms with Gasteiger partial charge in [-0.2, -0.15) is 0 Å². The maximum atomic E-state index is 6.06. The third-order valence-electron chi connectivity index (χ3n) is 3.99. The molecule has 112 valence electrons. The van der Waals surface area contributed by atoms with Gasteiger partial charge in [-0.25, -0.2) is 0 Å². The number of para-hydroxylation sites is 1. The number of fused-ring (bicyclic) bond motifs is 1. The maximum absolute atomic E-state index is 6.06. The van der Waals surface area contributed by atoms with Gasteiger partial charge in [-0.1, -0.05) is 54.6 Å². The maximum Gasteiger partial charge on any atom is 0.127 e. The van der Waals surface area contributed by atoms with Gasteiger partial charge >= 0.3 is 0 Å². The molecule has 2 heteroatoms. The van der Waals surface area contributed by atoms with E-state index in [-0.39, 0.29) is 0 Å². The van der Waals surface area contributed by atoms with Crippen LogP contribution in [-0.2, 0) is 6.61 Å². The minimum Gasteiger partial charge on any atom is -0.488 e. The summed E-state index contributed by atoms with van der Waals surface area (Å²) in [5.74, 6) is 0.909. The molecule has 0 aliphatic carbocycles. The summed E-state index contributed by atoms with van der Waals surface area (Å²) in [6.07, 6.45) is 1.96. The highest BCUT2D eigenvalue weighted by Crippen LogP contribution is 2.32. The van der Waals surface area contributed by atoms with Gasteiger partial charge in [0.05, 0.1) is 0 Å². The van der Waals surface area contributed by atoms with Crippen LogP contribution in [0.2, 0.25) is 0 Å². The van der Waals surface area contributed by atoms with Crippen molar-refractivity contribution in [3.05, 3.63) is 90.6 Å². The summed E-state index contributed by atoms with van der Waals surface area (Å²) >= 11 is 0. The molecule has 0 radical (unpaired) electrons. The molecule has 0 bridgehead atoms. The Morgan fingerprint density at radius 1 is 0.783 bits per heavy atom. The Morgan fingerprint density at radius 3 is 2.52 bits per heavy atom. The Morgan fingerprint density at radius 2 is 1.61 bits per heavy atom. The van der Waals surface area contributed by atoms with Gasteiger partial charge in [0.25, 0.3) is 0 Å². The summed E-state index contributed by atoms with van der Waals surface area (Å²) in [7, 11) is 0. The number of hydrogen-bond acceptors (Lipinski definition) is 1. The number of ether oxygens (including phenoxy) is 1. The van der Waals surface area contributed by atoms with Crippen LogP contribution < -0.4 is 4.74 Å². The predicted molar refractivity (Wildman–Crippen MR) is 94.5 cm³/mol. The number of H-pyrrole nitrogens is 1. The number of rotatable bonds is 4. The van der Waals surface area contributed by atoms with Crippen LogP contribution in [0.1, 0.15) is 5.56 Å². The summed E-state index contributed by atoms with van der Waals surface area (Å²) in [4.78, 5) is 3.23. The molecule has 3 aromatic carbocycles. The van der Waals surface area contributed by atoms with Gasteiger partial charge in [-0.15, -0.1) is 0 Å². The fourth-order valence-corrected chi connectivity index (χ4v) is 2.79. The van der Waals surface area contributed by atoms with E-state index >= 15 is 0 Å². The third-order valence-corrected chi connectivity index (χ3v) is 3.99. The zero-order valence-electron chi connectivity index (χ0n) is 12.7. The molecule has 0 spiro atoms. The molecule has 0 aliphatic rings. The lowest BCUT2D eigenvalue weighted by Gasteiger charge is -2.12. The Labute approximate surface area is 135 Å². The minimum absolute atomic E-state index is 0.574. The summed E-state index contributed by atoms with van der Waals surface area (Å²) in [5, 5.41) is 1.21. The Hall–Kier alpha value is -3.00. The van der Waals surface area contributed by atoms with Crippen LogP contribution >= 0.6 is 0 Å². The van der Waals surface area contributed by atoms with E-state index in [4.69, 9.17) is 4.74 Å². The van der Waals surface area contributed by atoms with Gasteiger partial charge in [0, 0.05) is 17.3 Å². The molecule has 1 aromatic heterocycles. The standard InChI is InChI=1S/C21H17NO/c1-2-6-16(7-3-1)15-23-21-9-5-4-8-19(21)17-10-11-20-18(14-17)12-13-22-20/h1-14,22H,15H2. The molecule has 1 N–H and O–H groups in total. The normalized spacial score (nSPS) is 10.8. The van der Waals surface area contributed by atoms with Crippen LogP contribution in [-0.4, -0.2) is 4.98 Å². The van der Waals surface area contributed by atoms with Gasteiger partial charge in [-0.05, 0) is 40.8 Å². The van der Waals surface area contributed by atoms with Crippen molar-refractivity contribution < 1.29 is 4.74 Å². The second-order valence-electron chi connectivity index (χ2n) is 5.55. The number of hydrogen-bond donors (Lipinski definition) is 1. The lowest BCUT2D eigenvalue weighted by molar-refractivity contribution is 0.307. The molecule has 23 heavy (non-hydrogen) atoms. The van der Waals surface area contributed by atoms with Crippen molar-refractivity contribution >= 4 is 10.9 Å². The Kier molecular flexibility index (Phi) is 3.57. The molecule has 0 fully saturated rings. The Bertz CT molecular complexity index is 925. The number of aromatic amines is 1. The molecule has 1 heterocycles. The second-order valence-corrected chi connectivity index (χ2v) is 5.55. The topological polar surface area (TPSA) is 25.0 Å². The van der Waals surface area contributed by atoms with E-state index in [1.807, 2.05) is 42.6 Å². The molecule has 0 aliphatic heterocycles. The summed E-state index contributed by atoms with van der Waals surface area (Å²) in [5.41, 5.74) is 4.60. The van der Waals surface area contributed by atoms with Crippen molar-refractivity contribution in [2.75, 3.05) is 0 Å². The van der Waals surface area contributed by atoms with Crippen LogP contribution in [0.3, 0.4) is 0 Å². The molecule has 0 saturated heterocycles. The smallest absolute Gasteiger partial charge is 0.127 e. The van der Waals surface area contributed by atoms with Gasteiger partial charge < -0.3 is 9.72 Å². The van der Waals surface area contributed by atoms with E-state index in [0.29, 0.717) is 6.61 Å². The van der Waals surface area contributed by atoms with Crippen LogP contribution in [0.25, 0.3) is 22.0 Å². The minimum atomic E-state index is 0.574. The first-order valence-electron chi connectivity index (χ1n) is 7.73. The van der Waals surface area contributed by atoms with Gasteiger partial charge in [0.1, 0.15) is 12.4 Å². The largest absolute Gasteiger partial charge is 0.488 e. The van der Waals surface area contributed by atoms with Crippen molar-refractivity contribution in [3.63, 3.8) is 0 Å². The molecule has 0 saturated carbocycles. The average molecular weight is 299 g/mol. The van der Waals surface area contributed by atoms with Gasteiger partial charge in [0.15, 0.2) is 0 Å². The number of benzene rings is 3. The highest BCUT2D eigenvalue weighted by molar-refractivity contribution is 5.86. The molecule has 4 rings (SSSR count). The number of aromatic nitrogens is 1. The van der Waals surface area contributed by atoms with Crippen molar-refractivity contribution in [2.24, 2.45) is 0 Å². The fraction of sp³-hybridized carbons (Fsp3) is 0.0476. The molecule has 0 unspecified atom stereocenters. The predicted octanol–water partition coefficient (Wildman–Crippen LogP) is 5.41. The fourth-order valence-electron chi connectivity index (χ4n) is 2.79. The van der Waals surface area contributed by atoms with E-state index in [2.05, 4.69) is 47.4 Å². The highest BCUT2D eigenvalue weighted by Gasteiger charge is 2.07. The highest BCUT2D eigenvalue weighted by atomic mass is 16.5. The first-order valence-corrected chi connectivity index (χ1v) is 7.73. The molecule has 2 nitrogen and oxygen atoms in total. The monoisotopic (exact) mass is 299 g/mol. The van der Waals surface area contributed by atoms with Crippen LogP contribution in [0, 0.1) is 0 Å². The van der Waals surface area contributed by atoms with Crippen molar-refractivity contribution in [1.82, 2.24) is 4.98 Å². The van der Waals surface area contributed by atoms with Crippen molar-refractivity contribution in [2.45, 2.75) is 6.61 Å². The SMILES string of the molecule is c1ccc(COc2ccccc2-c2ccc3[nH]ccc3c2)cc1. The van der Waals surface area contributed by atoms with Crippen LogP contribution in [0.4, 0.5) is 0 Å². The zero-order valence-corrected chi connectivity index (χ0v) is 12.7. The lowest BCUT2D eigenvalue weighted by Crippen LogP contribution is -1.96. The van der Waals surface area contributed by atoms with Crippen LogP contribution in [0.5, 0.6) is 5.75 Å². The second kappa shape index (κ2) is 6.01. The summed E-state index contributed by atoms with van der Waals surface area (Å²) < 4.78 is 6.06. The van der Waals surface area contributed by atoms with Crippen LogP contribution in [0.15, 0.2) is 85.1 Å². The Balaban J connectivity index is 1.66. The van der Waals surface area contributed by atoms with E-state index in [0.717, 1.165) is 16.8 Å². The van der Waals surface area contributed by atoms with E-state index in [1.165, 1.54) is 16.5 Å². The summed E-state index contributed by atoms with van der Waals surface area (Å²) in [6.45, 7) is 0.574. The first kappa shape index (κ1) is 13.6. The van der Waals surface area contributed by atoms with Crippen molar-refractivity contribution in [3.8, 4) is 16.9 Å². The van der Waals surface area contributed by atoms with Gasteiger partial charge in [0.2, 0.25) is 0 Å². The lowest BCUT2D eigenvalue weighted by atomic mass is 10.0. The number of nitrogens with one attached hydrogen (secondary N) is 1. The van der Waals surface area contributed by atoms with E-state index < -0.39 is 0 Å². The van der Waals surface area contributed by atoms with Crippen molar-refractivity contribution in [1.29, 1.82) is 0 Å².